The second kappa shape index (κ2) is 5.19. The Balaban J connectivity index is 1.60. The van der Waals surface area contributed by atoms with Crippen LogP contribution >= 0.6 is 11.6 Å². The lowest BCUT2D eigenvalue weighted by molar-refractivity contribution is -0.122. The van der Waals surface area contributed by atoms with Crippen LogP contribution in [0.5, 0.6) is 0 Å². The smallest absolute Gasteiger partial charge is 0.238 e. The first-order chi connectivity index (χ1) is 11.7. The topological polar surface area (TPSA) is 37.4 Å². The Kier molecular flexibility index (Phi) is 3.18. The lowest BCUT2D eigenvalue weighted by atomic mass is 9.66. The van der Waals surface area contributed by atoms with Crippen molar-refractivity contribution in [2.24, 2.45) is 23.7 Å². The van der Waals surface area contributed by atoms with E-state index in [9.17, 15) is 9.59 Å². The predicted molar refractivity (Wildman–Crippen MR) is 92.6 cm³/mol. The van der Waals surface area contributed by atoms with Gasteiger partial charge in [0, 0.05) is 5.02 Å². The van der Waals surface area contributed by atoms with Crippen LogP contribution in [-0.2, 0) is 9.59 Å². The molecule has 0 unspecified atom stereocenters. The molecule has 1 aromatic rings. The molecule has 1 aliphatic heterocycles. The Hall–Kier alpha value is -1.61. The molecule has 3 nitrogen and oxygen atoms in total. The molecular weight excluding hydrogens is 322 g/mol. The Labute approximate surface area is 146 Å². The average Bonchev–Trinajstić information content (AvgIpc) is 3.27. The number of carbonyl (C=O) groups is 2. The van der Waals surface area contributed by atoms with Crippen LogP contribution in [0.15, 0.2) is 35.4 Å². The fraction of sp³-hybridized carbons (Fsp3) is 0.500. The van der Waals surface area contributed by atoms with Crippen LogP contribution in [0.3, 0.4) is 0 Å². The number of imide groups is 1. The van der Waals surface area contributed by atoms with Crippen molar-refractivity contribution in [3.63, 3.8) is 0 Å². The molecule has 1 saturated heterocycles. The van der Waals surface area contributed by atoms with Gasteiger partial charge in [-0.1, -0.05) is 22.7 Å². The van der Waals surface area contributed by atoms with Gasteiger partial charge in [0.1, 0.15) is 0 Å². The standard InChI is InChI=1S/C20H20ClNO2/c21-11-7-9-12(10-8-11)22-19(23)17-15-5-1-3-13(15)14-4-2-6-16(14)18(17)20(22)24/h7-10,15-18H,1-6H2/t15-,16+,17-,18-/m0/s1. The van der Waals surface area contributed by atoms with Gasteiger partial charge in [-0.2, -0.15) is 0 Å². The zero-order valence-electron chi connectivity index (χ0n) is 13.5. The molecule has 0 radical (unpaired) electrons. The van der Waals surface area contributed by atoms with Gasteiger partial charge < -0.3 is 0 Å². The Morgan fingerprint density at radius 1 is 0.833 bits per heavy atom. The van der Waals surface area contributed by atoms with Crippen LogP contribution in [0.1, 0.15) is 38.5 Å². The number of halogens is 1. The van der Waals surface area contributed by atoms with Crippen molar-refractivity contribution in [2.75, 3.05) is 4.90 Å². The molecule has 0 spiro atoms. The van der Waals surface area contributed by atoms with E-state index in [0.717, 1.165) is 25.7 Å². The highest BCUT2D eigenvalue weighted by Crippen LogP contribution is 2.57. The van der Waals surface area contributed by atoms with Crippen LogP contribution in [0, 0.1) is 23.7 Å². The summed E-state index contributed by atoms with van der Waals surface area (Å²) in [5, 5.41) is 0.619. The van der Waals surface area contributed by atoms with E-state index in [2.05, 4.69) is 0 Å². The van der Waals surface area contributed by atoms with Crippen molar-refractivity contribution in [1.82, 2.24) is 0 Å². The summed E-state index contributed by atoms with van der Waals surface area (Å²) in [5.41, 5.74) is 3.75. The molecule has 1 heterocycles. The summed E-state index contributed by atoms with van der Waals surface area (Å²) >= 11 is 5.96. The number of hydrogen-bond donors (Lipinski definition) is 0. The molecule has 0 bridgehead atoms. The molecular formula is C20H20ClNO2. The number of rotatable bonds is 1. The van der Waals surface area contributed by atoms with Crippen molar-refractivity contribution >= 4 is 29.1 Å². The van der Waals surface area contributed by atoms with Gasteiger partial charge in [0.15, 0.2) is 0 Å². The molecule has 0 aromatic heterocycles. The SMILES string of the molecule is O=C1[C@@H]2[C@@H](C(=O)N1c1ccc(Cl)cc1)[C@H]1CCCC1=C1CCC[C@H]12. The molecule has 1 aromatic carbocycles. The Bertz CT molecular complexity index is 724. The molecule has 4 atom stereocenters. The van der Waals surface area contributed by atoms with E-state index in [1.54, 1.807) is 24.3 Å². The van der Waals surface area contributed by atoms with Crippen LogP contribution in [0.2, 0.25) is 5.02 Å². The molecule has 4 heteroatoms. The summed E-state index contributed by atoms with van der Waals surface area (Å²) in [6.45, 7) is 0. The fourth-order valence-corrected chi connectivity index (χ4v) is 5.86. The zero-order chi connectivity index (χ0) is 16.4. The minimum atomic E-state index is -0.127. The summed E-state index contributed by atoms with van der Waals surface area (Å²) < 4.78 is 0. The van der Waals surface area contributed by atoms with Gasteiger partial charge in [-0.3, -0.25) is 14.5 Å². The second-order valence-electron chi connectivity index (χ2n) is 7.59. The van der Waals surface area contributed by atoms with Gasteiger partial charge in [-0.25, -0.2) is 0 Å². The summed E-state index contributed by atoms with van der Waals surface area (Å²) in [7, 11) is 0. The lowest BCUT2D eigenvalue weighted by Crippen LogP contribution is -2.35. The lowest BCUT2D eigenvalue weighted by Gasteiger charge is -2.34. The first kappa shape index (κ1) is 14.7. The maximum Gasteiger partial charge on any atom is 0.238 e. The number of allylic oxidation sites excluding steroid dienone is 2. The van der Waals surface area contributed by atoms with E-state index in [4.69, 9.17) is 11.6 Å². The number of nitrogens with zero attached hydrogens (tertiary/aromatic N) is 1. The number of benzene rings is 1. The maximum absolute atomic E-state index is 13.2. The van der Waals surface area contributed by atoms with Gasteiger partial charge in [0.2, 0.25) is 11.8 Å². The van der Waals surface area contributed by atoms with E-state index in [0.29, 0.717) is 22.5 Å². The number of hydrogen-bond acceptors (Lipinski definition) is 2. The fourth-order valence-electron chi connectivity index (χ4n) is 5.74. The van der Waals surface area contributed by atoms with E-state index in [1.807, 2.05) is 0 Å². The number of fused-ring (bicyclic) bond motifs is 5. The summed E-state index contributed by atoms with van der Waals surface area (Å²) in [6, 6.07) is 7.07. The van der Waals surface area contributed by atoms with E-state index in [-0.39, 0.29) is 23.7 Å². The van der Waals surface area contributed by atoms with E-state index in [1.165, 1.54) is 28.9 Å². The van der Waals surface area contributed by atoms with E-state index >= 15 is 0 Å². The zero-order valence-corrected chi connectivity index (χ0v) is 14.3. The second-order valence-corrected chi connectivity index (χ2v) is 8.02. The minimum absolute atomic E-state index is 0.0164. The molecule has 3 aliphatic carbocycles. The molecule has 0 N–H and O–H groups in total. The molecule has 5 rings (SSSR count). The highest BCUT2D eigenvalue weighted by molar-refractivity contribution is 6.30. The van der Waals surface area contributed by atoms with Gasteiger partial charge in [0.05, 0.1) is 17.5 Å². The van der Waals surface area contributed by atoms with Gasteiger partial charge in [-0.05, 0) is 74.6 Å². The van der Waals surface area contributed by atoms with Crippen LogP contribution in [0.25, 0.3) is 0 Å². The first-order valence-corrected chi connectivity index (χ1v) is 9.40. The maximum atomic E-state index is 13.2. The molecule has 24 heavy (non-hydrogen) atoms. The van der Waals surface area contributed by atoms with Gasteiger partial charge in [0.25, 0.3) is 0 Å². The van der Waals surface area contributed by atoms with Crippen molar-refractivity contribution in [3.8, 4) is 0 Å². The largest absolute Gasteiger partial charge is 0.274 e. The average molecular weight is 342 g/mol. The van der Waals surface area contributed by atoms with Crippen molar-refractivity contribution < 1.29 is 9.59 Å². The number of amides is 2. The molecule has 3 fully saturated rings. The van der Waals surface area contributed by atoms with Crippen LogP contribution in [0.4, 0.5) is 5.69 Å². The summed E-state index contributed by atoms with van der Waals surface area (Å²) in [4.78, 5) is 27.9. The number of anilines is 1. The third-order valence-corrected chi connectivity index (χ3v) is 6.83. The third kappa shape index (κ3) is 1.85. The molecule has 2 amide bonds. The monoisotopic (exact) mass is 341 g/mol. The van der Waals surface area contributed by atoms with Crippen LogP contribution < -0.4 is 4.90 Å². The highest BCUT2D eigenvalue weighted by Gasteiger charge is 2.59. The van der Waals surface area contributed by atoms with Gasteiger partial charge in [-0.15, -0.1) is 0 Å². The normalized spacial score (nSPS) is 34.6. The van der Waals surface area contributed by atoms with Crippen molar-refractivity contribution in [1.29, 1.82) is 0 Å². The number of carbonyl (C=O) groups excluding carboxylic acids is 2. The predicted octanol–water partition coefficient (Wildman–Crippen LogP) is 4.36. The van der Waals surface area contributed by atoms with E-state index < -0.39 is 0 Å². The Morgan fingerprint density at radius 3 is 1.83 bits per heavy atom. The Morgan fingerprint density at radius 2 is 1.33 bits per heavy atom. The minimum Gasteiger partial charge on any atom is -0.274 e. The summed E-state index contributed by atoms with van der Waals surface area (Å²) in [5.74, 6) is 0.404. The molecule has 124 valence electrons. The quantitative estimate of drug-likeness (QED) is 0.562. The van der Waals surface area contributed by atoms with Crippen LogP contribution in [-0.4, -0.2) is 11.8 Å². The van der Waals surface area contributed by atoms with Crippen molar-refractivity contribution in [3.05, 3.63) is 40.4 Å². The van der Waals surface area contributed by atoms with Gasteiger partial charge >= 0.3 is 0 Å². The molecule has 2 saturated carbocycles. The third-order valence-electron chi connectivity index (χ3n) is 6.58. The first-order valence-electron chi connectivity index (χ1n) is 9.02. The van der Waals surface area contributed by atoms with Crippen molar-refractivity contribution in [2.45, 2.75) is 38.5 Å². The highest BCUT2D eigenvalue weighted by atomic mass is 35.5. The summed E-state index contributed by atoms with van der Waals surface area (Å²) in [6.07, 6.45) is 6.76. The molecule has 4 aliphatic rings.